The van der Waals surface area contributed by atoms with Gasteiger partial charge in [0.15, 0.2) is 24.2 Å². The zero-order valence-corrected chi connectivity index (χ0v) is 36.3. The first kappa shape index (κ1) is 50.1. The van der Waals surface area contributed by atoms with Crippen LogP contribution in [0, 0.1) is 0 Å². The number of aromatic nitrogens is 2. The molecule has 0 radical (unpaired) electrons. The van der Waals surface area contributed by atoms with Gasteiger partial charge in [-0.2, -0.15) is 0 Å². The van der Waals surface area contributed by atoms with Crippen LogP contribution in [0.25, 0.3) is 0 Å². The minimum atomic E-state index is -1.88. The summed E-state index contributed by atoms with van der Waals surface area (Å²) in [6, 6.07) is 0.106. The number of H-pyrrole nitrogens is 1. The summed E-state index contributed by atoms with van der Waals surface area (Å²) in [7, 11) is 1.21. The molecule has 1 aromatic heterocycles. The smallest absolute Gasteiger partial charge is 0.330 e. The molecule has 4 rings (SSSR count). The van der Waals surface area contributed by atoms with E-state index >= 15 is 0 Å². The second-order valence-electron chi connectivity index (χ2n) is 16.1. The van der Waals surface area contributed by atoms with Gasteiger partial charge in [-0.15, -0.1) is 0 Å². The van der Waals surface area contributed by atoms with Crippen LogP contribution in [0.2, 0.25) is 0 Å². The maximum atomic E-state index is 13.9. The van der Waals surface area contributed by atoms with Crippen molar-refractivity contribution < 1.29 is 57.5 Å². The number of ether oxygens (including phenoxy) is 6. The second kappa shape index (κ2) is 26.1. The summed E-state index contributed by atoms with van der Waals surface area (Å²) >= 11 is 0. The third-order valence-corrected chi connectivity index (χ3v) is 11.2. The maximum absolute atomic E-state index is 13.9. The molecule has 62 heavy (non-hydrogen) atoms. The largest absolute Gasteiger partial charge is 0.455 e. The van der Waals surface area contributed by atoms with Crippen LogP contribution >= 0.6 is 0 Å². The van der Waals surface area contributed by atoms with Crippen molar-refractivity contribution in [3.63, 3.8) is 0 Å². The van der Waals surface area contributed by atoms with Gasteiger partial charge in [0.1, 0.15) is 24.4 Å². The van der Waals surface area contributed by atoms with E-state index in [1.165, 1.54) is 13.2 Å². The molecule has 3 aliphatic heterocycles. The van der Waals surface area contributed by atoms with Crippen molar-refractivity contribution in [3.8, 4) is 0 Å². The average Bonchev–Trinajstić information content (AvgIpc) is 3.42. The third kappa shape index (κ3) is 15.0. The van der Waals surface area contributed by atoms with Crippen molar-refractivity contribution in [1.29, 1.82) is 0 Å². The summed E-state index contributed by atoms with van der Waals surface area (Å²) in [6.45, 7) is 4.70. The van der Waals surface area contributed by atoms with Gasteiger partial charge in [0.25, 0.3) is 11.5 Å². The van der Waals surface area contributed by atoms with E-state index < -0.39 is 102 Å². The number of amides is 3. The number of esters is 2. The number of nitrogens with one attached hydrogen (secondary N) is 3. The van der Waals surface area contributed by atoms with Crippen LogP contribution in [0.3, 0.4) is 0 Å². The minimum Gasteiger partial charge on any atom is -0.455 e. The van der Waals surface area contributed by atoms with E-state index in [4.69, 9.17) is 34.2 Å². The van der Waals surface area contributed by atoms with Crippen LogP contribution in [0.4, 0.5) is 0 Å². The average molecular weight is 878 g/mol. The number of hydrogen-bond acceptors (Lipinski definition) is 14. The third-order valence-electron chi connectivity index (χ3n) is 11.2. The number of primary amides is 1. The SMILES string of the molecule is CCCCCCCCCC(=O)O[C@@H]1[C@@H](O[C@@H](C(N)=O)[C@H]2O[C@@H](n3ccc(=O)[nH]c3=O)[C@H](O)[C@@H]2OC)OC(C(=O)N[C@H]2CCCCNC2=O)=C[C@@H]1OC(=O)CCCCCCCCC. The van der Waals surface area contributed by atoms with E-state index in [9.17, 15) is 38.7 Å². The molecular formula is C43H67N5O14. The van der Waals surface area contributed by atoms with Gasteiger partial charge in [0, 0.05) is 44.8 Å². The van der Waals surface area contributed by atoms with Crippen LogP contribution in [-0.4, -0.2) is 107 Å². The van der Waals surface area contributed by atoms with Crippen molar-refractivity contribution in [2.75, 3.05) is 13.7 Å². The molecule has 0 aliphatic carbocycles. The highest BCUT2D eigenvalue weighted by Gasteiger charge is 2.53. The first-order valence-corrected chi connectivity index (χ1v) is 22.4. The number of carbonyl (C=O) groups excluding carboxylic acids is 5. The number of aliphatic hydroxyl groups is 1. The van der Waals surface area contributed by atoms with Gasteiger partial charge in [-0.3, -0.25) is 38.3 Å². The molecule has 2 saturated heterocycles. The van der Waals surface area contributed by atoms with Crippen molar-refractivity contribution in [2.24, 2.45) is 5.73 Å². The molecule has 2 fully saturated rings. The summed E-state index contributed by atoms with van der Waals surface area (Å²) < 4.78 is 36.5. The lowest BCUT2D eigenvalue weighted by molar-refractivity contribution is -0.250. The molecule has 0 aromatic carbocycles. The normalized spacial score (nSPS) is 25.4. The van der Waals surface area contributed by atoms with Gasteiger partial charge in [0.05, 0.1) is 0 Å². The number of aromatic amines is 1. The molecule has 3 amide bonds. The summed E-state index contributed by atoms with van der Waals surface area (Å²) in [4.78, 5) is 93.5. The lowest BCUT2D eigenvalue weighted by atomic mass is 10.0. The second-order valence-corrected chi connectivity index (χ2v) is 16.1. The van der Waals surface area contributed by atoms with Crippen molar-refractivity contribution >= 4 is 29.7 Å². The number of hydrogen-bond donors (Lipinski definition) is 5. The standard InChI is InChI=1S/C43H67N5O14/c1-4-6-8-10-12-14-16-21-31(50)58-28-26-29(40(55)46-27-20-18-19-24-45-39(27)54)59-42(34(28)60-32(51)22-17-15-13-11-9-7-5-2)62-37(38(44)53)36-35(57-3)33(52)41(61-36)48-25-23-30(49)47-43(48)56/h23,25-28,33-37,41-42,52H,4-22,24H2,1-3H3,(H2,44,53)(H,45,54)(H,46,55)(H,47,49,56)/t27-,28-,33+,34-,35-,36-,37+,41+,42+/m0/s1. The topological polar surface area (TPSA) is 266 Å². The number of nitrogens with two attached hydrogens (primary N) is 1. The number of aliphatic hydroxyl groups excluding tert-OH is 1. The van der Waals surface area contributed by atoms with E-state index in [0.29, 0.717) is 38.6 Å². The molecule has 3 aliphatic rings. The highest BCUT2D eigenvalue weighted by atomic mass is 16.7. The molecule has 19 heteroatoms. The van der Waals surface area contributed by atoms with Gasteiger partial charge in [-0.1, -0.05) is 90.9 Å². The van der Waals surface area contributed by atoms with Crippen molar-refractivity contribution in [1.82, 2.24) is 20.2 Å². The minimum absolute atomic E-state index is 0.0118. The fraction of sp³-hybridized carbons (Fsp3) is 0.744. The van der Waals surface area contributed by atoms with E-state index in [1.807, 2.05) is 0 Å². The molecular weight excluding hydrogens is 810 g/mol. The molecule has 4 heterocycles. The molecule has 9 atom stereocenters. The van der Waals surface area contributed by atoms with Crippen LogP contribution in [0.1, 0.15) is 142 Å². The monoisotopic (exact) mass is 877 g/mol. The number of carbonyl (C=O) groups is 5. The Hall–Kier alpha value is -4.59. The predicted molar refractivity (Wildman–Crippen MR) is 223 cm³/mol. The molecule has 19 nitrogen and oxygen atoms in total. The first-order chi connectivity index (χ1) is 29.9. The Bertz CT molecular complexity index is 1770. The summed E-state index contributed by atoms with van der Waals surface area (Å²) in [5.74, 6) is -4.26. The molecule has 1 aromatic rings. The Labute approximate surface area is 362 Å². The Morgan fingerprint density at radius 1 is 0.887 bits per heavy atom. The van der Waals surface area contributed by atoms with E-state index in [0.717, 1.165) is 93.9 Å². The highest BCUT2D eigenvalue weighted by Crippen LogP contribution is 2.35. The molecule has 348 valence electrons. The van der Waals surface area contributed by atoms with Crippen LogP contribution in [0.15, 0.2) is 33.7 Å². The van der Waals surface area contributed by atoms with Gasteiger partial charge < -0.3 is 49.9 Å². The molecule has 6 N–H and O–H groups in total. The predicted octanol–water partition coefficient (Wildman–Crippen LogP) is 2.81. The highest BCUT2D eigenvalue weighted by molar-refractivity contribution is 5.96. The Balaban J connectivity index is 1.65. The summed E-state index contributed by atoms with van der Waals surface area (Å²) in [5.41, 5.74) is 4.25. The quantitative estimate of drug-likeness (QED) is 0.0662. The first-order valence-electron chi connectivity index (χ1n) is 22.4. The molecule has 0 spiro atoms. The van der Waals surface area contributed by atoms with Crippen LogP contribution < -0.4 is 27.6 Å². The van der Waals surface area contributed by atoms with Crippen LogP contribution in [-0.2, 0) is 52.4 Å². The lowest BCUT2D eigenvalue weighted by Gasteiger charge is -2.38. The van der Waals surface area contributed by atoms with Gasteiger partial charge in [0.2, 0.25) is 24.2 Å². The Kier molecular flexibility index (Phi) is 21.1. The molecule has 0 unspecified atom stereocenters. The Morgan fingerprint density at radius 2 is 1.50 bits per heavy atom. The molecule has 0 bridgehead atoms. The fourth-order valence-corrected chi connectivity index (χ4v) is 7.77. The zero-order valence-electron chi connectivity index (χ0n) is 36.3. The van der Waals surface area contributed by atoms with E-state index in [-0.39, 0.29) is 12.8 Å². The Morgan fingerprint density at radius 3 is 2.10 bits per heavy atom. The zero-order chi connectivity index (χ0) is 45.0. The van der Waals surface area contributed by atoms with Crippen LogP contribution in [0.5, 0.6) is 0 Å². The summed E-state index contributed by atoms with van der Waals surface area (Å²) in [5, 5.41) is 16.7. The van der Waals surface area contributed by atoms with Gasteiger partial charge in [-0.25, -0.2) is 4.79 Å². The fourth-order valence-electron chi connectivity index (χ4n) is 7.77. The van der Waals surface area contributed by atoms with Gasteiger partial charge in [-0.05, 0) is 32.1 Å². The number of rotatable bonds is 26. The number of nitrogens with zero attached hydrogens (tertiary/aromatic N) is 1. The number of methoxy groups -OCH3 is 1. The van der Waals surface area contributed by atoms with Gasteiger partial charge >= 0.3 is 17.6 Å². The van der Waals surface area contributed by atoms with E-state index in [1.54, 1.807) is 0 Å². The molecule has 0 saturated carbocycles. The van der Waals surface area contributed by atoms with E-state index in [2.05, 4.69) is 29.5 Å². The summed E-state index contributed by atoms with van der Waals surface area (Å²) in [6.07, 6.45) is 4.20. The maximum Gasteiger partial charge on any atom is 0.330 e. The number of unbranched alkanes of at least 4 members (excludes halogenated alkanes) is 12. The van der Waals surface area contributed by atoms with Crippen molar-refractivity contribution in [2.45, 2.75) is 191 Å². The van der Waals surface area contributed by atoms with Crippen molar-refractivity contribution in [3.05, 3.63) is 44.9 Å². The lowest BCUT2D eigenvalue weighted by Crippen LogP contribution is -2.56.